The van der Waals surface area contributed by atoms with Crippen LogP contribution in [0.25, 0.3) is 0 Å². The van der Waals surface area contributed by atoms with Crippen molar-refractivity contribution >= 4 is 19.0 Å². The fraction of sp³-hybridized carbons (Fsp3) is 1.00. The van der Waals surface area contributed by atoms with Gasteiger partial charge in [-0.15, -0.1) is 0 Å². The van der Waals surface area contributed by atoms with E-state index in [1.54, 1.807) is 0 Å². The van der Waals surface area contributed by atoms with E-state index in [0.717, 1.165) is 0 Å². The van der Waals surface area contributed by atoms with Crippen LogP contribution >= 0.6 is 10.3 Å². The Kier molecular flexibility index (Phi) is 9.01. The molecule has 0 fully saturated rings. The Labute approximate surface area is 91.9 Å². The average Bonchev–Trinajstić information content (AvgIpc) is 2.16. The third-order valence-electron chi connectivity index (χ3n) is 1.64. The summed E-state index contributed by atoms with van der Waals surface area (Å²) < 4.78 is 17.1. The lowest BCUT2D eigenvalue weighted by molar-refractivity contribution is 0.198. The summed E-state index contributed by atoms with van der Waals surface area (Å²) in [6.45, 7) is 10.3. The molecule has 14 heavy (non-hydrogen) atoms. The predicted octanol–water partition coefficient (Wildman–Crippen LogP) is 2.56. The first kappa shape index (κ1) is 14.4. The van der Waals surface area contributed by atoms with Gasteiger partial charge in [0.2, 0.25) is 0 Å². The molecule has 0 aromatic heterocycles. The topological polar surface area (TPSA) is 27.7 Å². The predicted molar refractivity (Wildman–Crippen MR) is 66.1 cm³/mol. The highest BCUT2D eigenvalue weighted by Gasteiger charge is 2.25. The van der Waals surface area contributed by atoms with E-state index in [0.29, 0.717) is 19.8 Å². The van der Waals surface area contributed by atoms with Crippen molar-refractivity contribution in [3.05, 3.63) is 0 Å². The van der Waals surface area contributed by atoms with Gasteiger partial charge in [-0.2, -0.15) is 0 Å². The molecular weight excluding hydrogens is 216 g/mol. The Morgan fingerprint density at radius 3 is 1.57 bits per heavy atom. The van der Waals surface area contributed by atoms with Crippen molar-refractivity contribution in [3.8, 4) is 0 Å². The summed E-state index contributed by atoms with van der Waals surface area (Å²) in [5.74, 6) is 0. The first-order valence-corrected chi connectivity index (χ1v) is 9.79. The molecule has 88 valence electrons. The van der Waals surface area contributed by atoms with Crippen LogP contribution < -0.4 is 0 Å². The lowest BCUT2D eigenvalue weighted by atomic mass is 10.6. The molecule has 0 aromatic carbocycles. The van der Waals surface area contributed by atoms with Crippen molar-refractivity contribution < 1.29 is 12.5 Å². The number of hydrogen-bond donors (Lipinski definition) is 0. The van der Waals surface area contributed by atoms with Gasteiger partial charge in [-0.3, -0.25) is 12.5 Å². The highest BCUT2D eigenvalue weighted by atomic mass is 32.5. The summed E-state index contributed by atoms with van der Waals surface area (Å²) >= 11 is 0. The van der Waals surface area contributed by atoms with Gasteiger partial charge in [0, 0.05) is 10.3 Å². The molecule has 0 N–H and O–H groups in total. The van der Waals surface area contributed by atoms with E-state index in [2.05, 4.69) is 6.92 Å². The average molecular weight is 240 g/mol. The normalized spacial score (nSPS) is 14.0. The second-order valence-electron chi connectivity index (χ2n) is 2.83. The lowest BCUT2D eigenvalue weighted by Crippen LogP contribution is -2.18. The first-order chi connectivity index (χ1) is 6.74. The Morgan fingerprint density at radius 2 is 1.29 bits per heavy atom. The van der Waals surface area contributed by atoms with Gasteiger partial charge in [0.1, 0.15) is 0 Å². The van der Waals surface area contributed by atoms with Gasteiger partial charge in [0.15, 0.2) is 8.67 Å². The van der Waals surface area contributed by atoms with Crippen molar-refractivity contribution in [2.24, 2.45) is 0 Å². The molecule has 0 rings (SSSR count). The van der Waals surface area contributed by atoms with Crippen LogP contribution in [-0.4, -0.2) is 28.5 Å². The molecular formula is C9H24O3SSi. The molecule has 0 saturated heterocycles. The van der Waals surface area contributed by atoms with Crippen molar-refractivity contribution in [2.45, 2.75) is 40.2 Å². The molecule has 0 aromatic rings. The van der Waals surface area contributed by atoms with Crippen molar-refractivity contribution in [1.82, 2.24) is 0 Å². The van der Waals surface area contributed by atoms with Crippen LogP contribution in [0.15, 0.2) is 0 Å². The minimum absolute atomic E-state index is 0.398. The van der Waals surface area contributed by atoms with Gasteiger partial charge in [-0.05, 0) is 26.8 Å². The largest absolute Gasteiger partial charge is 0.298 e. The molecule has 0 bridgehead atoms. The molecule has 0 aliphatic rings. The molecule has 0 heterocycles. The van der Waals surface area contributed by atoms with Crippen molar-refractivity contribution in [1.29, 1.82) is 0 Å². The van der Waals surface area contributed by atoms with E-state index in [1.807, 2.05) is 20.8 Å². The molecule has 0 radical (unpaired) electrons. The van der Waals surface area contributed by atoms with Crippen LogP contribution in [0.1, 0.15) is 34.1 Å². The van der Waals surface area contributed by atoms with Gasteiger partial charge in [0.25, 0.3) is 0 Å². The number of hydrogen-bond acceptors (Lipinski definition) is 3. The quantitative estimate of drug-likeness (QED) is 0.580. The Balaban J connectivity index is 4.21. The first-order valence-electron chi connectivity index (χ1n) is 5.48. The summed E-state index contributed by atoms with van der Waals surface area (Å²) in [6, 6.07) is 1.23. The van der Waals surface area contributed by atoms with Crippen molar-refractivity contribution in [2.75, 3.05) is 19.8 Å². The minimum atomic E-state index is -1.57. The van der Waals surface area contributed by atoms with E-state index in [4.69, 9.17) is 12.5 Å². The molecule has 0 aliphatic carbocycles. The molecule has 0 spiro atoms. The van der Waals surface area contributed by atoms with E-state index < -0.39 is 19.0 Å². The van der Waals surface area contributed by atoms with E-state index in [-0.39, 0.29) is 0 Å². The van der Waals surface area contributed by atoms with Crippen LogP contribution in [0, 0.1) is 0 Å². The summed E-state index contributed by atoms with van der Waals surface area (Å²) in [5.41, 5.74) is 0. The van der Waals surface area contributed by atoms with Crippen LogP contribution in [0.2, 0.25) is 6.04 Å². The second-order valence-corrected chi connectivity index (χ2v) is 9.12. The smallest absolute Gasteiger partial charge is 0.159 e. The van der Waals surface area contributed by atoms with Gasteiger partial charge >= 0.3 is 0 Å². The van der Waals surface area contributed by atoms with Crippen LogP contribution in [0.4, 0.5) is 0 Å². The Hall–Kier alpha value is 0.447. The summed E-state index contributed by atoms with van der Waals surface area (Å²) in [6.07, 6.45) is 1.20. The zero-order chi connectivity index (χ0) is 10.9. The highest BCUT2D eigenvalue weighted by molar-refractivity contribution is 8.41. The lowest BCUT2D eigenvalue weighted by Gasteiger charge is -2.37. The monoisotopic (exact) mass is 240 g/mol. The van der Waals surface area contributed by atoms with E-state index >= 15 is 0 Å². The third-order valence-corrected chi connectivity index (χ3v) is 8.79. The Morgan fingerprint density at radius 1 is 0.857 bits per heavy atom. The summed E-state index contributed by atoms with van der Waals surface area (Å²) in [7, 11) is -1.97. The molecule has 0 amide bonds. The summed E-state index contributed by atoms with van der Waals surface area (Å²) in [5, 5.41) is 0. The third kappa shape index (κ3) is 5.36. The van der Waals surface area contributed by atoms with Gasteiger partial charge in [-0.25, -0.2) is 0 Å². The van der Waals surface area contributed by atoms with Crippen LogP contribution in [0.3, 0.4) is 0 Å². The van der Waals surface area contributed by atoms with Gasteiger partial charge in [-0.1, -0.05) is 13.3 Å². The molecule has 0 unspecified atom stereocenters. The Bertz CT molecular complexity index is 118. The highest BCUT2D eigenvalue weighted by Crippen LogP contribution is 2.50. The standard InChI is InChI=1S/C9H24O3SSi/c1-5-9-14-13(10-6-2,11-7-3)12-8-4/h5-9,14H2,1-4H3. The van der Waals surface area contributed by atoms with Gasteiger partial charge < -0.3 is 0 Å². The molecule has 0 saturated carbocycles. The maximum Gasteiger partial charge on any atom is 0.159 e. The van der Waals surface area contributed by atoms with Crippen LogP contribution in [-0.2, 0) is 12.5 Å². The van der Waals surface area contributed by atoms with Crippen molar-refractivity contribution in [3.63, 3.8) is 0 Å². The fourth-order valence-electron chi connectivity index (χ4n) is 1.14. The number of rotatable bonds is 9. The fourth-order valence-corrected chi connectivity index (χ4v) is 7.90. The zero-order valence-corrected chi connectivity index (χ0v) is 12.1. The maximum atomic E-state index is 5.71. The molecule has 3 nitrogen and oxygen atoms in total. The summed E-state index contributed by atoms with van der Waals surface area (Å²) in [4.78, 5) is 0. The van der Waals surface area contributed by atoms with Gasteiger partial charge in [0.05, 0.1) is 19.8 Å². The van der Waals surface area contributed by atoms with E-state index in [9.17, 15) is 0 Å². The van der Waals surface area contributed by atoms with E-state index in [1.165, 1.54) is 12.5 Å². The molecule has 0 atom stereocenters. The SMILES string of the molecule is CCC[SiH2]S(OCC)(OCC)OCC. The molecule has 0 aliphatic heterocycles. The maximum absolute atomic E-state index is 5.71. The molecule has 5 heteroatoms. The minimum Gasteiger partial charge on any atom is -0.298 e. The second kappa shape index (κ2) is 8.73. The zero-order valence-electron chi connectivity index (χ0n) is 9.88. The van der Waals surface area contributed by atoms with Crippen LogP contribution in [0.5, 0.6) is 0 Å².